The quantitative estimate of drug-likeness (QED) is 0.651. The van der Waals surface area contributed by atoms with E-state index in [9.17, 15) is 0 Å². The van der Waals surface area contributed by atoms with Gasteiger partial charge in [-0.15, -0.1) is 0 Å². The van der Waals surface area contributed by atoms with E-state index in [1.807, 2.05) is 25.2 Å². The van der Waals surface area contributed by atoms with Crippen LogP contribution in [0, 0.1) is 11.3 Å². The van der Waals surface area contributed by atoms with Gasteiger partial charge in [-0.3, -0.25) is 4.99 Å². The lowest BCUT2D eigenvalue weighted by molar-refractivity contribution is -0.125. The second-order valence-corrected chi connectivity index (χ2v) is 7.80. The number of nitrogens with one attached hydrogen (secondary N) is 2. The van der Waals surface area contributed by atoms with Gasteiger partial charge in [-0.05, 0) is 37.0 Å². The van der Waals surface area contributed by atoms with Gasteiger partial charge in [0.15, 0.2) is 5.96 Å². The molecule has 3 unspecified atom stereocenters. The molecular formula is C19H26ClN3O. The molecule has 0 amide bonds. The summed E-state index contributed by atoms with van der Waals surface area (Å²) in [4.78, 5) is 4.44. The Balaban J connectivity index is 1.41. The molecule has 3 aliphatic rings. The zero-order valence-electron chi connectivity index (χ0n) is 14.2. The Morgan fingerprint density at radius 1 is 1.38 bits per heavy atom. The first kappa shape index (κ1) is 16.2. The predicted molar refractivity (Wildman–Crippen MR) is 97.3 cm³/mol. The smallest absolute Gasteiger partial charge is 0.191 e. The van der Waals surface area contributed by atoms with Crippen LogP contribution in [-0.4, -0.2) is 31.8 Å². The van der Waals surface area contributed by atoms with E-state index < -0.39 is 0 Å². The Labute approximate surface area is 149 Å². The first-order valence-electron chi connectivity index (χ1n) is 9.06. The zero-order valence-corrected chi connectivity index (χ0v) is 15.0. The van der Waals surface area contributed by atoms with Crippen LogP contribution in [0.15, 0.2) is 29.3 Å². The number of hydrogen-bond acceptors (Lipinski definition) is 2. The van der Waals surface area contributed by atoms with Gasteiger partial charge in [0.2, 0.25) is 0 Å². The standard InChI is InChI=1S/C19H26ClN3O/c1-21-18(22-12-13-5-4-6-14(20)11-13)23-16-15-7-10-24-17(15)19(16)8-2-3-9-19/h4-6,11,15-17H,2-3,7-10,12H2,1H3,(H2,21,22,23). The maximum atomic E-state index is 6.07. The lowest BCUT2D eigenvalue weighted by Gasteiger charge is -2.57. The number of halogens is 1. The van der Waals surface area contributed by atoms with Gasteiger partial charge < -0.3 is 15.4 Å². The Morgan fingerprint density at radius 3 is 2.96 bits per heavy atom. The molecule has 1 aromatic carbocycles. The summed E-state index contributed by atoms with van der Waals surface area (Å²) >= 11 is 6.07. The lowest BCUT2D eigenvalue weighted by Crippen LogP contribution is -2.69. The minimum Gasteiger partial charge on any atom is -0.377 e. The van der Waals surface area contributed by atoms with Crippen LogP contribution in [0.5, 0.6) is 0 Å². The number of benzene rings is 1. The Morgan fingerprint density at radius 2 is 2.21 bits per heavy atom. The molecule has 24 heavy (non-hydrogen) atoms. The van der Waals surface area contributed by atoms with Crippen LogP contribution < -0.4 is 10.6 Å². The average Bonchev–Trinajstić information content (AvgIpc) is 3.23. The van der Waals surface area contributed by atoms with Crippen molar-refractivity contribution in [2.75, 3.05) is 13.7 Å². The summed E-state index contributed by atoms with van der Waals surface area (Å²) in [6.45, 7) is 1.65. The molecule has 0 aromatic heterocycles. The van der Waals surface area contributed by atoms with Crippen molar-refractivity contribution in [1.29, 1.82) is 0 Å². The number of rotatable bonds is 3. The van der Waals surface area contributed by atoms with E-state index >= 15 is 0 Å². The van der Waals surface area contributed by atoms with Crippen LogP contribution in [0.4, 0.5) is 0 Å². The minimum atomic E-state index is 0.342. The molecule has 1 heterocycles. The van der Waals surface area contributed by atoms with Crippen LogP contribution in [0.25, 0.3) is 0 Å². The summed E-state index contributed by atoms with van der Waals surface area (Å²) in [6, 6.07) is 8.45. The first-order chi connectivity index (χ1) is 11.7. The SMILES string of the molecule is CN=C(NCc1cccc(Cl)c1)NC1C2CCOC2C12CCCC2. The van der Waals surface area contributed by atoms with Gasteiger partial charge in [0.05, 0.1) is 6.10 Å². The van der Waals surface area contributed by atoms with Crippen molar-refractivity contribution in [3.05, 3.63) is 34.9 Å². The normalized spacial score (nSPS) is 30.9. The first-order valence-corrected chi connectivity index (χ1v) is 9.44. The van der Waals surface area contributed by atoms with E-state index in [4.69, 9.17) is 16.3 Å². The van der Waals surface area contributed by atoms with Crippen molar-refractivity contribution < 1.29 is 4.74 Å². The summed E-state index contributed by atoms with van der Waals surface area (Å²) < 4.78 is 6.06. The summed E-state index contributed by atoms with van der Waals surface area (Å²) in [7, 11) is 1.84. The van der Waals surface area contributed by atoms with Gasteiger partial charge in [0, 0.05) is 42.6 Å². The van der Waals surface area contributed by atoms with Gasteiger partial charge >= 0.3 is 0 Å². The van der Waals surface area contributed by atoms with Crippen LogP contribution in [0.2, 0.25) is 5.02 Å². The highest BCUT2D eigenvalue weighted by molar-refractivity contribution is 6.30. The highest BCUT2D eigenvalue weighted by Gasteiger charge is 2.65. The molecule has 130 valence electrons. The molecule has 1 aliphatic heterocycles. The van der Waals surface area contributed by atoms with Gasteiger partial charge in [-0.25, -0.2) is 0 Å². The molecule has 1 spiro atoms. The Hall–Kier alpha value is -1.26. The molecule has 3 atom stereocenters. The number of fused-ring (bicyclic) bond motifs is 2. The van der Waals surface area contributed by atoms with E-state index in [0.717, 1.165) is 29.7 Å². The summed E-state index contributed by atoms with van der Waals surface area (Å²) in [5, 5.41) is 7.93. The van der Waals surface area contributed by atoms with Gasteiger partial charge in [0.1, 0.15) is 0 Å². The maximum Gasteiger partial charge on any atom is 0.191 e. The molecule has 2 saturated carbocycles. The summed E-state index contributed by atoms with van der Waals surface area (Å²) in [6.07, 6.45) is 6.89. The van der Waals surface area contributed by atoms with E-state index in [0.29, 0.717) is 23.5 Å². The van der Waals surface area contributed by atoms with E-state index in [1.165, 1.54) is 32.1 Å². The van der Waals surface area contributed by atoms with Crippen molar-refractivity contribution in [3.63, 3.8) is 0 Å². The third kappa shape index (κ3) is 2.70. The fourth-order valence-electron chi connectivity index (χ4n) is 5.08. The zero-order chi connectivity index (χ0) is 16.6. The maximum absolute atomic E-state index is 6.07. The molecule has 2 aliphatic carbocycles. The summed E-state index contributed by atoms with van der Waals surface area (Å²) in [5.41, 5.74) is 1.51. The number of hydrogen-bond donors (Lipinski definition) is 2. The third-order valence-electron chi connectivity index (χ3n) is 6.15. The highest BCUT2D eigenvalue weighted by Crippen LogP contribution is 2.60. The molecule has 0 radical (unpaired) electrons. The summed E-state index contributed by atoms with van der Waals surface area (Å²) in [5.74, 6) is 1.53. The van der Waals surface area contributed by atoms with E-state index in [2.05, 4.69) is 21.7 Å². The van der Waals surface area contributed by atoms with Gasteiger partial charge in [-0.1, -0.05) is 36.6 Å². The number of aliphatic imine (C=N–C) groups is 1. The van der Waals surface area contributed by atoms with Crippen LogP contribution >= 0.6 is 11.6 Å². The largest absolute Gasteiger partial charge is 0.377 e. The van der Waals surface area contributed by atoms with Crippen molar-refractivity contribution in [1.82, 2.24) is 10.6 Å². The lowest BCUT2D eigenvalue weighted by atomic mass is 9.54. The van der Waals surface area contributed by atoms with Crippen molar-refractivity contribution in [3.8, 4) is 0 Å². The third-order valence-corrected chi connectivity index (χ3v) is 6.39. The van der Waals surface area contributed by atoms with Crippen LogP contribution in [0.1, 0.15) is 37.7 Å². The Bertz CT molecular complexity index is 627. The van der Waals surface area contributed by atoms with Crippen LogP contribution in [-0.2, 0) is 11.3 Å². The van der Waals surface area contributed by atoms with Gasteiger partial charge in [0.25, 0.3) is 0 Å². The van der Waals surface area contributed by atoms with E-state index in [-0.39, 0.29) is 0 Å². The minimum absolute atomic E-state index is 0.342. The van der Waals surface area contributed by atoms with Crippen molar-refractivity contribution in [2.24, 2.45) is 16.3 Å². The molecule has 2 N–H and O–H groups in total. The molecule has 0 bridgehead atoms. The molecular weight excluding hydrogens is 322 g/mol. The molecule has 5 heteroatoms. The molecule has 3 fully saturated rings. The second-order valence-electron chi connectivity index (χ2n) is 7.36. The molecule has 1 saturated heterocycles. The second kappa shape index (κ2) is 6.57. The molecule has 1 aromatic rings. The average molecular weight is 348 g/mol. The van der Waals surface area contributed by atoms with Crippen molar-refractivity contribution in [2.45, 2.75) is 50.8 Å². The van der Waals surface area contributed by atoms with E-state index in [1.54, 1.807) is 0 Å². The monoisotopic (exact) mass is 347 g/mol. The Kier molecular flexibility index (Phi) is 4.44. The van der Waals surface area contributed by atoms with Gasteiger partial charge in [-0.2, -0.15) is 0 Å². The molecule has 4 rings (SSSR count). The highest BCUT2D eigenvalue weighted by atomic mass is 35.5. The van der Waals surface area contributed by atoms with Crippen molar-refractivity contribution >= 4 is 17.6 Å². The molecule has 4 nitrogen and oxygen atoms in total. The number of guanidine groups is 1. The predicted octanol–water partition coefficient (Wildman–Crippen LogP) is 3.35. The fourth-order valence-corrected chi connectivity index (χ4v) is 5.29. The topological polar surface area (TPSA) is 45.7 Å². The fraction of sp³-hybridized carbons (Fsp3) is 0.632. The number of ether oxygens (including phenoxy) is 1. The van der Waals surface area contributed by atoms with Crippen LogP contribution in [0.3, 0.4) is 0 Å². The number of nitrogens with zero attached hydrogens (tertiary/aromatic N) is 1.